The highest BCUT2D eigenvalue weighted by Gasteiger charge is 2.09. The molecule has 4 heteroatoms. The van der Waals surface area contributed by atoms with Gasteiger partial charge in [-0.3, -0.25) is 9.59 Å². The molecule has 0 aliphatic rings. The van der Waals surface area contributed by atoms with E-state index in [2.05, 4.69) is 5.32 Å². The molecule has 0 fully saturated rings. The number of hydrogen-bond donors (Lipinski definition) is 1. The van der Waals surface area contributed by atoms with Gasteiger partial charge in [0, 0.05) is 29.2 Å². The molecule has 21 heavy (non-hydrogen) atoms. The van der Waals surface area contributed by atoms with Crippen LogP contribution in [0.5, 0.6) is 0 Å². The fraction of sp³-hybridized carbons (Fsp3) is 0.294. The fourth-order valence-electron chi connectivity index (χ4n) is 2.42. The van der Waals surface area contributed by atoms with Gasteiger partial charge in [0.2, 0.25) is 5.91 Å². The van der Waals surface area contributed by atoms with Crippen molar-refractivity contribution < 1.29 is 4.79 Å². The van der Waals surface area contributed by atoms with Gasteiger partial charge < -0.3 is 9.88 Å². The first-order valence-corrected chi connectivity index (χ1v) is 6.92. The molecule has 110 valence electrons. The Bertz CT molecular complexity index is 719. The van der Waals surface area contributed by atoms with Crippen LogP contribution in [-0.2, 0) is 11.3 Å². The van der Waals surface area contributed by atoms with E-state index in [1.807, 2.05) is 50.5 Å². The summed E-state index contributed by atoms with van der Waals surface area (Å²) in [5, 5.41) is 2.92. The van der Waals surface area contributed by atoms with E-state index in [1.165, 1.54) is 12.1 Å². The zero-order valence-corrected chi connectivity index (χ0v) is 12.9. The van der Waals surface area contributed by atoms with Crippen molar-refractivity contribution in [3.05, 3.63) is 63.1 Å². The first-order valence-electron chi connectivity index (χ1n) is 6.92. The predicted molar refractivity (Wildman–Crippen MR) is 84.7 cm³/mol. The number of amides is 1. The highest BCUT2D eigenvalue weighted by molar-refractivity contribution is 5.91. The Kier molecular flexibility index (Phi) is 4.26. The third-order valence-electron chi connectivity index (χ3n) is 3.51. The second kappa shape index (κ2) is 5.95. The molecule has 0 spiro atoms. The number of aryl methyl sites for hydroxylation is 4. The third kappa shape index (κ3) is 3.60. The largest absolute Gasteiger partial charge is 0.340 e. The lowest BCUT2D eigenvalue weighted by atomic mass is 10.1. The summed E-state index contributed by atoms with van der Waals surface area (Å²) >= 11 is 0. The van der Waals surface area contributed by atoms with Crippen molar-refractivity contribution in [1.82, 2.24) is 4.57 Å². The molecule has 1 aromatic heterocycles. The topological polar surface area (TPSA) is 51.1 Å². The highest BCUT2D eigenvalue weighted by Crippen LogP contribution is 2.16. The number of rotatable bonds is 3. The quantitative estimate of drug-likeness (QED) is 0.942. The van der Waals surface area contributed by atoms with Crippen molar-refractivity contribution in [2.75, 3.05) is 5.32 Å². The van der Waals surface area contributed by atoms with Gasteiger partial charge in [-0.2, -0.15) is 0 Å². The van der Waals surface area contributed by atoms with Gasteiger partial charge >= 0.3 is 0 Å². The minimum Gasteiger partial charge on any atom is -0.340 e. The van der Waals surface area contributed by atoms with Crippen LogP contribution in [0.1, 0.15) is 22.5 Å². The van der Waals surface area contributed by atoms with Crippen molar-refractivity contribution in [2.24, 2.45) is 0 Å². The summed E-state index contributed by atoms with van der Waals surface area (Å²) in [5.41, 5.74) is 4.57. The lowest BCUT2D eigenvalue weighted by Crippen LogP contribution is -2.23. The molecule has 2 aromatic rings. The third-order valence-corrected chi connectivity index (χ3v) is 3.51. The number of nitrogens with one attached hydrogen (secondary N) is 1. The first-order chi connectivity index (χ1) is 9.86. The molecule has 0 saturated carbocycles. The van der Waals surface area contributed by atoms with Gasteiger partial charge in [-0.05, 0) is 39.3 Å². The fourth-order valence-corrected chi connectivity index (χ4v) is 2.42. The van der Waals surface area contributed by atoms with E-state index in [4.69, 9.17) is 0 Å². The lowest BCUT2D eigenvalue weighted by molar-refractivity contribution is -0.116. The highest BCUT2D eigenvalue weighted by atomic mass is 16.2. The van der Waals surface area contributed by atoms with Gasteiger partial charge in [-0.1, -0.05) is 17.7 Å². The molecule has 2 rings (SSSR count). The van der Waals surface area contributed by atoms with Crippen LogP contribution in [0.15, 0.2) is 35.1 Å². The van der Waals surface area contributed by atoms with E-state index >= 15 is 0 Å². The molecular formula is C17H20N2O2. The standard InChI is InChI=1S/C17H20N2O2/c1-11-5-6-16(12(2)7-11)18-17(21)10-19-13(3)8-15(20)9-14(19)4/h5-9H,10H2,1-4H3,(H,18,21). The molecule has 1 heterocycles. The van der Waals surface area contributed by atoms with Crippen molar-refractivity contribution in [2.45, 2.75) is 34.2 Å². The van der Waals surface area contributed by atoms with Gasteiger partial charge in [-0.15, -0.1) is 0 Å². The van der Waals surface area contributed by atoms with Gasteiger partial charge in [-0.25, -0.2) is 0 Å². The van der Waals surface area contributed by atoms with Gasteiger partial charge in [0.05, 0.1) is 0 Å². The summed E-state index contributed by atoms with van der Waals surface area (Å²) in [7, 11) is 0. The Morgan fingerprint density at radius 1 is 1.05 bits per heavy atom. The monoisotopic (exact) mass is 284 g/mol. The Labute approximate surface area is 124 Å². The number of pyridine rings is 1. The number of anilines is 1. The van der Waals surface area contributed by atoms with Crippen LogP contribution in [0.2, 0.25) is 0 Å². The van der Waals surface area contributed by atoms with Crippen LogP contribution >= 0.6 is 0 Å². The molecule has 1 N–H and O–H groups in total. The SMILES string of the molecule is Cc1ccc(NC(=O)Cn2c(C)cc(=O)cc2C)c(C)c1. The number of carbonyl (C=O) groups is 1. The van der Waals surface area contributed by atoms with Crippen LogP contribution in [0.4, 0.5) is 5.69 Å². The van der Waals surface area contributed by atoms with Crippen LogP contribution < -0.4 is 10.7 Å². The number of carbonyl (C=O) groups excluding carboxylic acids is 1. The Morgan fingerprint density at radius 2 is 1.67 bits per heavy atom. The van der Waals surface area contributed by atoms with Crippen LogP contribution in [0.3, 0.4) is 0 Å². The van der Waals surface area contributed by atoms with Crippen LogP contribution in [0, 0.1) is 27.7 Å². The molecule has 1 aromatic carbocycles. The summed E-state index contributed by atoms with van der Waals surface area (Å²) in [4.78, 5) is 23.6. The van der Waals surface area contributed by atoms with E-state index in [-0.39, 0.29) is 17.9 Å². The summed E-state index contributed by atoms with van der Waals surface area (Å²) in [6, 6.07) is 8.99. The minimum atomic E-state index is -0.100. The average Bonchev–Trinajstić information content (AvgIpc) is 2.37. The number of aromatic nitrogens is 1. The molecule has 4 nitrogen and oxygen atoms in total. The van der Waals surface area contributed by atoms with Crippen molar-refractivity contribution >= 4 is 11.6 Å². The molecule has 1 amide bonds. The second-order valence-corrected chi connectivity index (χ2v) is 5.43. The van der Waals surface area contributed by atoms with Gasteiger partial charge in [0.15, 0.2) is 5.43 Å². The molecule has 0 bridgehead atoms. The minimum absolute atomic E-state index is 0.0314. The zero-order chi connectivity index (χ0) is 15.6. The number of benzene rings is 1. The van der Waals surface area contributed by atoms with E-state index < -0.39 is 0 Å². The normalized spacial score (nSPS) is 10.5. The molecular weight excluding hydrogens is 264 g/mol. The summed E-state index contributed by atoms with van der Waals surface area (Å²) in [6.07, 6.45) is 0. The predicted octanol–water partition coefficient (Wildman–Crippen LogP) is 2.72. The van der Waals surface area contributed by atoms with Crippen LogP contribution in [-0.4, -0.2) is 10.5 Å². The summed E-state index contributed by atoms with van der Waals surface area (Å²) < 4.78 is 1.83. The van der Waals surface area contributed by atoms with Crippen molar-refractivity contribution in [1.29, 1.82) is 0 Å². The van der Waals surface area contributed by atoms with Gasteiger partial charge in [0.25, 0.3) is 0 Å². The summed E-state index contributed by atoms with van der Waals surface area (Å²) in [6.45, 7) is 7.85. The molecule has 0 aliphatic heterocycles. The van der Waals surface area contributed by atoms with E-state index in [9.17, 15) is 9.59 Å². The van der Waals surface area contributed by atoms with Crippen molar-refractivity contribution in [3.8, 4) is 0 Å². The molecule has 0 radical (unpaired) electrons. The first kappa shape index (κ1) is 15.0. The second-order valence-electron chi connectivity index (χ2n) is 5.43. The maximum atomic E-state index is 12.2. The number of nitrogens with zero attached hydrogens (tertiary/aromatic N) is 1. The van der Waals surface area contributed by atoms with E-state index in [0.29, 0.717) is 0 Å². The van der Waals surface area contributed by atoms with Crippen LogP contribution in [0.25, 0.3) is 0 Å². The van der Waals surface area contributed by atoms with Crippen molar-refractivity contribution in [3.63, 3.8) is 0 Å². The Hall–Kier alpha value is -2.36. The maximum absolute atomic E-state index is 12.2. The lowest BCUT2D eigenvalue weighted by Gasteiger charge is -2.15. The smallest absolute Gasteiger partial charge is 0.244 e. The number of hydrogen-bond acceptors (Lipinski definition) is 2. The molecule has 0 aliphatic carbocycles. The van der Waals surface area contributed by atoms with Gasteiger partial charge in [0.1, 0.15) is 6.54 Å². The Morgan fingerprint density at radius 3 is 2.24 bits per heavy atom. The zero-order valence-electron chi connectivity index (χ0n) is 12.9. The molecule has 0 atom stereocenters. The average molecular weight is 284 g/mol. The Balaban J connectivity index is 2.17. The maximum Gasteiger partial charge on any atom is 0.244 e. The van der Waals surface area contributed by atoms with E-state index in [1.54, 1.807) is 0 Å². The van der Waals surface area contributed by atoms with E-state index in [0.717, 1.165) is 28.2 Å². The molecule has 0 unspecified atom stereocenters. The summed E-state index contributed by atoms with van der Waals surface area (Å²) in [5.74, 6) is -0.100. The molecule has 0 saturated heterocycles.